The zero-order chi connectivity index (χ0) is 20.1. The maximum absolute atomic E-state index is 12.1. The number of rotatable bonds is 7. The number of alkyl halides is 2. The Bertz CT molecular complexity index is 856. The van der Waals surface area contributed by atoms with Gasteiger partial charge in [0.2, 0.25) is 6.79 Å². The van der Waals surface area contributed by atoms with Crippen LogP contribution in [0.25, 0.3) is 0 Å². The van der Waals surface area contributed by atoms with Crippen LogP contribution in [0.4, 0.5) is 8.78 Å². The van der Waals surface area contributed by atoms with Crippen LogP contribution in [-0.4, -0.2) is 31.4 Å². The Morgan fingerprint density at radius 3 is 2.54 bits per heavy atom. The number of hydrogen-bond acceptors (Lipinski definition) is 6. The van der Waals surface area contributed by atoms with Gasteiger partial charge in [-0.25, -0.2) is 4.79 Å². The number of halogens is 2. The van der Waals surface area contributed by atoms with E-state index in [1.165, 1.54) is 31.2 Å². The maximum atomic E-state index is 12.1. The summed E-state index contributed by atoms with van der Waals surface area (Å²) in [6, 6.07) is 10.3. The molecule has 1 N–H and O–H groups in total. The number of fused-ring (bicyclic) bond motifs is 1. The van der Waals surface area contributed by atoms with Crippen molar-refractivity contribution < 1.29 is 37.3 Å². The minimum absolute atomic E-state index is 0.0823. The molecule has 0 spiro atoms. The summed E-state index contributed by atoms with van der Waals surface area (Å²) in [5.41, 5.74) is 0.905. The third-order valence-corrected chi connectivity index (χ3v) is 3.87. The Hall–Kier alpha value is -3.36. The van der Waals surface area contributed by atoms with Gasteiger partial charge in [0.1, 0.15) is 5.75 Å². The van der Waals surface area contributed by atoms with Crippen molar-refractivity contribution in [1.82, 2.24) is 5.32 Å². The molecule has 1 aliphatic rings. The third kappa shape index (κ3) is 4.87. The molecule has 1 unspecified atom stereocenters. The molecule has 7 nitrogen and oxygen atoms in total. The van der Waals surface area contributed by atoms with Crippen molar-refractivity contribution >= 4 is 11.9 Å². The van der Waals surface area contributed by atoms with E-state index in [0.29, 0.717) is 11.5 Å². The monoisotopic (exact) mass is 393 g/mol. The second-order valence-electron chi connectivity index (χ2n) is 5.86. The van der Waals surface area contributed by atoms with Gasteiger partial charge in [-0.05, 0) is 48.9 Å². The Kier molecular flexibility index (Phi) is 5.93. The first-order chi connectivity index (χ1) is 13.4. The van der Waals surface area contributed by atoms with Crippen molar-refractivity contribution in [3.63, 3.8) is 0 Å². The van der Waals surface area contributed by atoms with Crippen LogP contribution in [0.2, 0.25) is 0 Å². The minimum atomic E-state index is -2.95. The normalized spacial score (nSPS) is 13.1. The fourth-order valence-corrected chi connectivity index (χ4v) is 2.44. The Labute approximate surface area is 159 Å². The predicted octanol–water partition coefficient (Wildman–Crippen LogP) is 2.88. The Balaban J connectivity index is 1.50. The van der Waals surface area contributed by atoms with Crippen molar-refractivity contribution in [2.75, 3.05) is 6.79 Å². The van der Waals surface area contributed by atoms with Crippen molar-refractivity contribution in [1.29, 1.82) is 0 Å². The van der Waals surface area contributed by atoms with Crippen LogP contribution in [0.5, 0.6) is 17.2 Å². The highest BCUT2D eigenvalue weighted by Gasteiger charge is 2.19. The molecule has 1 aliphatic heterocycles. The first-order valence-corrected chi connectivity index (χ1v) is 8.34. The van der Waals surface area contributed by atoms with Crippen LogP contribution in [0, 0.1) is 0 Å². The Morgan fingerprint density at radius 2 is 1.82 bits per heavy atom. The fraction of sp³-hybridized carbons (Fsp3) is 0.263. The van der Waals surface area contributed by atoms with E-state index in [2.05, 4.69) is 10.1 Å². The van der Waals surface area contributed by atoms with Gasteiger partial charge in [0.15, 0.2) is 17.6 Å². The van der Waals surface area contributed by atoms with Gasteiger partial charge in [-0.2, -0.15) is 8.78 Å². The lowest BCUT2D eigenvalue weighted by atomic mass is 10.2. The van der Waals surface area contributed by atoms with Gasteiger partial charge in [-0.1, -0.05) is 6.07 Å². The van der Waals surface area contributed by atoms with Gasteiger partial charge >= 0.3 is 12.6 Å². The molecule has 0 fully saturated rings. The predicted molar refractivity (Wildman–Crippen MR) is 92.4 cm³/mol. The zero-order valence-electron chi connectivity index (χ0n) is 14.8. The molecule has 0 aromatic heterocycles. The standard InChI is InChI=1S/C19H17F2NO6/c1-11(27-18(24)13-3-5-14(6-4-13)28-19(20)21)17(23)22-9-12-2-7-15-16(8-12)26-10-25-15/h2-8,11,19H,9-10H2,1H3,(H,22,23). The number of benzene rings is 2. The number of nitrogens with one attached hydrogen (secondary N) is 1. The van der Waals surface area contributed by atoms with Crippen molar-refractivity contribution in [3.05, 3.63) is 53.6 Å². The summed E-state index contributed by atoms with van der Waals surface area (Å²) >= 11 is 0. The molecule has 2 aromatic carbocycles. The van der Waals surface area contributed by atoms with E-state index < -0.39 is 24.6 Å². The number of carbonyl (C=O) groups excluding carboxylic acids is 2. The molecule has 0 saturated carbocycles. The minimum Gasteiger partial charge on any atom is -0.454 e. The van der Waals surface area contributed by atoms with Crippen molar-refractivity contribution in [3.8, 4) is 17.2 Å². The summed E-state index contributed by atoms with van der Waals surface area (Å²) in [7, 11) is 0. The van der Waals surface area contributed by atoms with Crippen LogP contribution in [0.1, 0.15) is 22.8 Å². The lowest BCUT2D eigenvalue weighted by Gasteiger charge is -2.14. The molecule has 2 aromatic rings. The first-order valence-electron chi connectivity index (χ1n) is 8.34. The molecular formula is C19H17F2NO6. The second-order valence-corrected chi connectivity index (χ2v) is 5.86. The van der Waals surface area contributed by atoms with E-state index in [9.17, 15) is 18.4 Å². The number of hydrogen-bond donors (Lipinski definition) is 1. The molecule has 0 bridgehead atoms. The summed E-state index contributed by atoms with van der Waals surface area (Å²) in [5, 5.41) is 2.66. The molecule has 1 atom stereocenters. The molecule has 0 radical (unpaired) electrons. The van der Waals surface area contributed by atoms with Crippen LogP contribution in [-0.2, 0) is 16.1 Å². The summed E-state index contributed by atoms with van der Waals surface area (Å²) in [6.45, 7) is -1.14. The molecular weight excluding hydrogens is 376 g/mol. The zero-order valence-corrected chi connectivity index (χ0v) is 14.8. The average Bonchev–Trinajstić information content (AvgIpc) is 3.13. The van der Waals surface area contributed by atoms with E-state index in [1.54, 1.807) is 18.2 Å². The number of ether oxygens (including phenoxy) is 4. The highest BCUT2D eigenvalue weighted by Crippen LogP contribution is 2.32. The van der Waals surface area contributed by atoms with E-state index >= 15 is 0 Å². The highest BCUT2D eigenvalue weighted by molar-refractivity contribution is 5.92. The summed E-state index contributed by atoms with van der Waals surface area (Å²) in [4.78, 5) is 24.2. The van der Waals surface area contributed by atoms with Gasteiger partial charge in [-0.3, -0.25) is 4.79 Å². The quantitative estimate of drug-likeness (QED) is 0.729. The first kappa shape index (κ1) is 19.4. The third-order valence-electron chi connectivity index (χ3n) is 3.87. The van der Waals surface area contributed by atoms with Crippen LogP contribution >= 0.6 is 0 Å². The lowest BCUT2D eigenvalue weighted by molar-refractivity contribution is -0.129. The largest absolute Gasteiger partial charge is 0.454 e. The average molecular weight is 393 g/mol. The molecule has 148 valence electrons. The van der Waals surface area contributed by atoms with Gasteiger partial charge in [0, 0.05) is 6.54 Å². The fourth-order valence-electron chi connectivity index (χ4n) is 2.44. The summed E-state index contributed by atoms with van der Waals surface area (Å²) < 4.78 is 44.0. The number of carbonyl (C=O) groups is 2. The lowest BCUT2D eigenvalue weighted by Crippen LogP contribution is -2.35. The van der Waals surface area contributed by atoms with Gasteiger partial charge in [0.05, 0.1) is 5.56 Å². The highest BCUT2D eigenvalue weighted by atomic mass is 19.3. The SMILES string of the molecule is CC(OC(=O)c1ccc(OC(F)F)cc1)C(=O)NCc1ccc2c(c1)OCO2. The van der Waals surface area contributed by atoms with Gasteiger partial charge in [0.25, 0.3) is 5.91 Å². The maximum Gasteiger partial charge on any atom is 0.387 e. The van der Waals surface area contributed by atoms with E-state index in [4.69, 9.17) is 14.2 Å². The second kappa shape index (κ2) is 8.55. The smallest absolute Gasteiger partial charge is 0.387 e. The molecule has 9 heteroatoms. The number of esters is 1. The topological polar surface area (TPSA) is 83.1 Å². The van der Waals surface area contributed by atoms with Crippen molar-refractivity contribution in [2.24, 2.45) is 0 Å². The molecule has 0 saturated heterocycles. The Morgan fingerprint density at radius 1 is 1.11 bits per heavy atom. The molecule has 3 rings (SSSR count). The molecule has 0 aliphatic carbocycles. The van der Waals surface area contributed by atoms with Crippen LogP contribution in [0.15, 0.2) is 42.5 Å². The van der Waals surface area contributed by atoms with Gasteiger partial charge in [-0.15, -0.1) is 0 Å². The summed E-state index contributed by atoms with van der Waals surface area (Å²) in [6.07, 6.45) is -1.04. The van der Waals surface area contributed by atoms with E-state index in [1.807, 2.05) is 0 Å². The van der Waals surface area contributed by atoms with E-state index in [-0.39, 0.29) is 24.7 Å². The molecule has 1 amide bonds. The van der Waals surface area contributed by atoms with Crippen LogP contribution in [0.3, 0.4) is 0 Å². The van der Waals surface area contributed by atoms with Crippen LogP contribution < -0.4 is 19.5 Å². The molecule has 1 heterocycles. The van der Waals surface area contributed by atoms with E-state index in [0.717, 1.165) is 5.56 Å². The van der Waals surface area contributed by atoms with Crippen molar-refractivity contribution in [2.45, 2.75) is 26.2 Å². The van der Waals surface area contributed by atoms with Gasteiger partial charge < -0.3 is 24.3 Å². The number of amides is 1. The summed E-state index contributed by atoms with van der Waals surface area (Å²) in [5.74, 6) is -0.0769. The molecule has 28 heavy (non-hydrogen) atoms.